The summed E-state index contributed by atoms with van der Waals surface area (Å²) in [6, 6.07) is 6.72. The highest BCUT2D eigenvalue weighted by molar-refractivity contribution is 7.89. The molecule has 18 heavy (non-hydrogen) atoms. The molecule has 1 aromatic rings. The van der Waals surface area contributed by atoms with Crippen molar-refractivity contribution >= 4 is 15.7 Å². The molecule has 0 spiro atoms. The van der Waals surface area contributed by atoms with Gasteiger partial charge in [0, 0.05) is 30.9 Å². The maximum atomic E-state index is 11.2. The smallest absolute Gasteiger partial charge is 0.238 e. The molecular weight excluding hydrogens is 250 g/mol. The van der Waals surface area contributed by atoms with E-state index in [1.807, 2.05) is 0 Å². The third kappa shape index (κ3) is 3.01. The molecule has 0 unspecified atom stereocenters. The number of primary sulfonamides is 1. The fourth-order valence-corrected chi connectivity index (χ4v) is 2.72. The van der Waals surface area contributed by atoms with Gasteiger partial charge in [0.15, 0.2) is 0 Å². The summed E-state index contributed by atoms with van der Waals surface area (Å²) in [6.45, 7) is 7.03. The van der Waals surface area contributed by atoms with Gasteiger partial charge in [0.25, 0.3) is 0 Å². The molecule has 0 radical (unpaired) electrons. The SMILES string of the molecule is CC1(C)CN(c2ccc(S(N)(=O)=O)cc2)CCN1. The number of rotatable bonds is 2. The van der Waals surface area contributed by atoms with Gasteiger partial charge in [0.1, 0.15) is 0 Å². The topological polar surface area (TPSA) is 75.4 Å². The summed E-state index contributed by atoms with van der Waals surface area (Å²) >= 11 is 0. The van der Waals surface area contributed by atoms with Crippen LogP contribution >= 0.6 is 0 Å². The number of nitrogens with one attached hydrogen (secondary N) is 1. The van der Waals surface area contributed by atoms with E-state index in [-0.39, 0.29) is 10.4 Å². The fourth-order valence-electron chi connectivity index (χ4n) is 2.21. The van der Waals surface area contributed by atoms with Crippen LogP contribution in [0.3, 0.4) is 0 Å². The molecule has 0 aromatic heterocycles. The van der Waals surface area contributed by atoms with E-state index in [0.717, 1.165) is 25.3 Å². The van der Waals surface area contributed by atoms with Gasteiger partial charge in [-0.2, -0.15) is 0 Å². The molecule has 1 heterocycles. The van der Waals surface area contributed by atoms with E-state index < -0.39 is 10.0 Å². The Labute approximate surface area is 108 Å². The van der Waals surface area contributed by atoms with Crippen LogP contribution < -0.4 is 15.4 Å². The summed E-state index contributed by atoms with van der Waals surface area (Å²) in [6.07, 6.45) is 0. The minimum absolute atomic E-state index is 0.0663. The Balaban J connectivity index is 2.20. The molecule has 0 bridgehead atoms. The Hall–Kier alpha value is -1.11. The van der Waals surface area contributed by atoms with Gasteiger partial charge in [0.05, 0.1) is 4.90 Å². The number of anilines is 1. The van der Waals surface area contributed by atoms with Gasteiger partial charge in [-0.25, -0.2) is 13.6 Å². The number of piperazine rings is 1. The molecule has 1 fully saturated rings. The molecule has 1 aliphatic rings. The van der Waals surface area contributed by atoms with E-state index in [4.69, 9.17) is 5.14 Å². The van der Waals surface area contributed by atoms with Gasteiger partial charge in [-0.05, 0) is 38.1 Å². The van der Waals surface area contributed by atoms with Crippen LogP contribution in [0.15, 0.2) is 29.2 Å². The second-order valence-electron chi connectivity index (χ2n) is 5.27. The first-order chi connectivity index (χ1) is 8.28. The molecule has 5 nitrogen and oxygen atoms in total. The first-order valence-electron chi connectivity index (χ1n) is 5.91. The summed E-state index contributed by atoms with van der Waals surface area (Å²) in [7, 11) is -3.60. The normalized spacial score (nSPS) is 19.8. The van der Waals surface area contributed by atoms with Gasteiger partial charge < -0.3 is 10.2 Å². The lowest BCUT2D eigenvalue weighted by molar-refractivity contribution is 0.353. The van der Waals surface area contributed by atoms with E-state index in [9.17, 15) is 8.42 Å². The van der Waals surface area contributed by atoms with Crippen molar-refractivity contribution in [1.29, 1.82) is 0 Å². The maximum Gasteiger partial charge on any atom is 0.238 e. The zero-order chi connectivity index (χ0) is 13.4. The third-order valence-corrected chi connectivity index (χ3v) is 4.03. The molecule has 0 amide bonds. The summed E-state index contributed by atoms with van der Waals surface area (Å²) in [4.78, 5) is 2.39. The lowest BCUT2D eigenvalue weighted by atomic mass is 10.0. The zero-order valence-electron chi connectivity index (χ0n) is 10.7. The molecule has 6 heteroatoms. The first kappa shape index (κ1) is 13.3. The quantitative estimate of drug-likeness (QED) is 0.821. The van der Waals surface area contributed by atoms with Gasteiger partial charge in [-0.15, -0.1) is 0 Å². The minimum atomic E-state index is -3.60. The van der Waals surface area contributed by atoms with Crippen LogP contribution in [0, 0.1) is 0 Å². The first-order valence-corrected chi connectivity index (χ1v) is 7.45. The van der Waals surface area contributed by atoms with E-state index in [2.05, 4.69) is 24.1 Å². The van der Waals surface area contributed by atoms with Crippen molar-refractivity contribution in [1.82, 2.24) is 5.32 Å². The van der Waals surface area contributed by atoms with Crippen LogP contribution in [0.25, 0.3) is 0 Å². The second-order valence-corrected chi connectivity index (χ2v) is 6.83. The Morgan fingerprint density at radius 2 is 1.89 bits per heavy atom. The van der Waals surface area contributed by atoms with Crippen LogP contribution in [0.5, 0.6) is 0 Å². The predicted molar refractivity (Wildman–Crippen MR) is 72.1 cm³/mol. The summed E-state index contributed by atoms with van der Waals surface area (Å²) in [5.74, 6) is 0. The molecule has 100 valence electrons. The number of hydrogen-bond donors (Lipinski definition) is 2. The van der Waals surface area contributed by atoms with Crippen LogP contribution in [0.2, 0.25) is 0 Å². The highest BCUT2D eigenvalue weighted by Crippen LogP contribution is 2.21. The monoisotopic (exact) mass is 269 g/mol. The van der Waals surface area contributed by atoms with Crippen LogP contribution in [-0.4, -0.2) is 33.6 Å². The van der Waals surface area contributed by atoms with E-state index in [1.54, 1.807) is 24.3 Å². The second kappa shape index (κ2) is 4.53. The molecule has 1 aliphatic heterocycles. The summed E-state index contributed by atoms with van der Waals surface area (Å²) in [5.41, 5.74) is 1.09. The summed E-state index contributed by atoms with van der Waals surface area (Å²) < 4.78 is 22.4. The minimum Gasteiger partial charge on any atom is -0.368 e. The Bertz CT molecular complexity index is 523. The fraction of sp³-hybridized carbons (Fsp3) is 0.500. The lowest BCUT2D eigenvalue weighted by Crippen LogP contribution is -2.57. The number of sulfonamides is 1. The molecule has 0 saturated carbocycles. The van der Waals surface area contributed by atoms with Gasteiger partial charge in [0.2, 0.25) is 10.0 Å². The average molecular weight is 269 g/mol. The van der Waals surface area contributed by atoms with Crippen molar-refractivity contribution < 1.29 is 8.42 Å². The van der Waals surface area contributed by atoms with Gasteiger partial charge in [-0.1, -0.05) is 0 Å². The van der Waals surface area contributed by atoms with Gasteiger partial charge >= 0.3 is 0 Å². The number of benzene rings is 1. The van der Waals surface area contributed by atoms with Gasteiger partial charge in [-0.3, -0.25) is 0 Å². The van der Waals surface area contributed by atoms with Crippen molar-refractivity contribution in [3.05, 3.63) is 24.3 Å². The van der Waals surface area contributed by atoms with Crippen molar-refractivity contribution in [2.24, 2.45) is 5.14 Å². The Kier molecular flexibility index (Phi) is 3.35. The lowest BCUT2D eigenvalue weighted by Gasteiger charge is -2.40. The van der Waals surface area contributed by atoms with Crippen LogP contribution in [0.4, 0.5) is 5.69 Å². The number of nitrogens with zero attached hydrogens (tertiary/aromatic N) is 1. The molecule has 1 aromatic carbocycles. The standard InChI is InChI=1S/C12H19N3O2S/c1-12(2)9-15(8-7-14-12)10-3-5-11(6-4-10)18(13,16)17/h3-6,14H,7-9H2,1-2H3,(H2,13,16,17). The molecule has 0 aliphatic carbocycles. The maximum absolute atomic E-state index is 11.2. The third-order valence-electron chi connectivity index (χ3n) is 3.10. The van der Waals surface area contributed by atoms with Crippen molar-refractivity contribution in [2.75, 3.05) is 24.5 Å². The largest absolute Gasteiger partial charge is 0.368 e. The molecule has 0 atom stereocenters. The molecular formula is C12H19N3O2S. The predicted octanol–water partition coefficient (Wildman–Crippen LogP) is 0.522. The van der Waals surface area contributed by atoms with Crippen LogP contribution in [0.1, 0.15) is 13.8 Å². The van der Waals surface area contributed by atoms with Crippen molar-refractivity contribution in [2.45, 2.75) is 24.3 Å². The number of nitrogens with two attached hydrogens (primary N) is 1. The zero-order valence-corrected chi connectivity index (χ0v) is 11.5. The molecule has 3 N–H and O–H groups in total. The Morgan fingerprint density at radius 3 is 2.39 bits per heavy atom. The average Bonchev–Trinajstić information content (AvgIpc) is 2.27. The Morgan fingerprint density at radius 1 is 1.28 bits per heavy atom. The van der Waals surface area contributed by atoms with Crippen LogP contribution in [-0.2, 0) is 10.0 Å². The van der Waals surface area contributed by atoms with E-state index >= 15 is 0 Å². The molecule has 2 rings (SSSR count). The highest BCUT2D eigenvalue weighted by Gasteiger charge is 2.25. The molecule has 1 saturated heterocycles. The number of hydrogen-bond acceptors (Lipinski definition) is 4. The van der Waals surface area contributed by atoms with E-state index in [1.165, 1.54) is 0 Å². The summed E-state index contributed by atoms with van der Waals surface area (Å²) in [5, 5.41) is 8.51. The highest BCUT2D eigenvalue weighted by atomic mass is 32.2. The van der Waals surface area contributed by atoms with E-state index in [0.29, 0.717) is 0 Å². The van der Waals surface area contributed by atoms with Crippen molar-refractivity contribution in [3.8, 4) is 0 Å². The van der Waals surface area contributed by atoms with Crippen molar-refractivity contribution in [3.63, 3.8) is 0 Å².